The molecule has 0 aliphatic heterocycles. The number of carbonyl (C=O) groups is 1. The summed E-state index contributed by atoms with van der Waals surface area (Å²) in [6, 6.07) is 7.90. The summed E-state index contributed by atoms with van der Waals surface area (Å²) in [5.41, 5.74) is 1.17. The molecular weight excluding hydrogens is 311 g/mol. The number of halogens is 1. The minimum atomic E-state index is -0.371. The lowest BCUT2D eigenvalue weighted by Gasteiger charge is -2.15. The first-order chi connectivity index (χ1) is 11.5. The van der Waals surface area contributed by atoms with Gasteiger partial charge in [0.2, 0.25) is 0 Å². The molecule has 0 radical (unpaired) electrons. The van der Waals surface area contributed by atoms with E-state index in [-0.39, 0.29) is 24.4 Å². The van der Waals surface area contributed by atoms with Crippen LogP contribution in [0, 0.1) is 24.1 Å². The Morgan fingerprint density at radius 2 is 2.33 bits per heavy atom. The summed E-state index contributed by atoms with van der Waals surface area (Å²) in [6.45, 7) is 4.30. The number of ether oxygens (including phenoxy) is 1. The molecule has 1 heterocycles. The van der Waals surface area contributed by atoms with Crippen LogP contribution in [0.2, 0.25) is 0 Å². The minimum absolute atomic E-state index is 0.259. The van der Waals surface area contributed by atoms with Crippen LogP contribution in [0.4, 0.5) is 4.39 Å². The van der Waals surface area contributed by atoms with Crippen molar-refractivity contribution in [2.75, 3.05) is 6.54 Å². The molecule has 0 fully saturated rings. The van der Waals surface area contributed by atoms with Crippen LogP contribution in [0.5, 0.6) is 5.75 Å². The first-order valence-corrected chi connectivity index (χ1v) is 7.61. The van der Waals surface area contributed by atoms with Gasteiger partial charge in [-0.3, -0.25) is 9.48 Å². The molecule has 126 valence electrons. The van der Waals surface area contributed by atoms with Crippen LogP contribution in [0.15, 0.2) is 30.5 Å². The number of carbonyl (C=O) groups excluding carboxylic acids is 1. The monoisotopic (exact) mass is 330 g/mol. The predicted octanol–water partition coefficient (Wildman–Crippen LogP) is 2.44. The summed E-state index contributed by atoms with van der Waals surface area (Å²) in [4.78, 5) is 12.2. The van der Waals surface area contributed by atoms with Gasteiger partial charge < -0.3 is 10.1 Å². The van der Waals surface area contributed by atoms with Crippen molar-refractivity contribution in [3.8, 4) is 11.8 Å². The number of hydrogen-bond donors (Lipinski definition) is 1. The fourth-order valence-electron chi connectivity index (χ4n) is 2.20. The maximum absolute atomic E-state index is 13.1. The zero-order valence-electron chi connectivity index (χ0n) is 13.6. The number of amides is 1. The van der Waals surface area contributed by atoms with Gasteiger partial charge in [0.15, 0.2) is 0 Å². The molecule has 0 saturated heterocycles. The normalized spacial score (nSPS) is 11.6. The SMILES string of the molecule is Cc1c(C(=O)NCC(C)Oc2cccc(F)c2)cnn1CCC#N. The van der Waals surface area contributed by atoms with Gasteiger partial charge in [-0.2, -0.15) is 10.4 Å². The Bertz CT molecular complexity index is 751. The summed E-state index contributed by atoms with van der Waals surface area (Å²) in [7, 11) is 0. The third kappa shape index (κ3) is 4.56. The van der Waals surface area contributed by atoms with Crippen molar-refractivity contribution in [1.29, 1.82) is 5.26 Å². The summed E-state index contributed by atoms with van der Waals surface area (Å²) in [5.74, 6) is -0.216. The van der Waals surface area contributed by atoms with Gasteiger partial charge in [-0.15, -0.1) is 0 Å². The van der Waals surface area contributed by atoms with Crippen LogP contribution in [0.1, 0.15) is 29.4 Å². The van der Waals surface area contributed by atoms with Crippen molar-refractivity contribution < 1.29 is 13.9 Å². The van der Waals surface area contributed by atoms with E-state index in [1.165, 1.54) is 18.3 Å². The minimum Gasteiger partial charge on any atom is -0.489 e. The Morgan fingerprint density at radius 3 is 3.04 bits per heavy atom. The molecular formula is C17H19FN4O2. The quantitative estimate of drug-likeness (QED) is 0.845. The number of nitrogens with one attached hydrogen (secondary N) is 1. The molecule has 0 aliphatic rings. The van der Waals surface area contributed by atoms with Crippen molar-refractivity contribution in [3.63, 3.8) is 0 Å². The molecule has 0 spiro atoms. The number of rotatable bonds is 7. The van der Waals surface area contributed by atoms with Gasteiger partial charge in [-0.25, -0.2) is 4.39 Å². The van der Waals surface area contributed by atoms with Crippen molar-refractivity contribution in [2.24, 2.45) is 0 Å². The standard InChI is InChI=1S/C17H19FN4O2/c1-12(24-15-6-3-5-14(18)9-15)10-20-17(23)16-11-21-22(13(16)2)8-4-7-19/h3,5-6,9,11-12H,4,8,10H2,1-2H3,(H,20,23). The Balaban J connectivity index is 1.88. The highest BCUT2D eigenvalue weighted by molar-refractivity contribution is 5.95. The lowest BCUT2D eigenvalue weighted by Crippen LogP contribution is -2.33. The summed E-state index contributed by atoms with van der Waals surface area (Å²) in [5, 5.41) is 15.5. The highest BCUT2D eigenvalue weighted by Crippen LogP contribution is 2.13. The second-order valence-corrected chi connectivity index (χ2v) is 5.37. The molecule has 0 aliphatic carbocycles. The molecule has 0 bridgehead atoms. The van der Waals surface area contributed by atoms with Crippen molar-refractivity contribution >= 4 is 5.91 Å². The number of benzene rings is 1. The van der Waals surface area contributed by atoms with E-state index in [2.05, 4.69) is 10.4 Å². The van der Waals surface area contributed by atoms with E-state index in [4.69, 9.17) is 10.00 Å². The number of hydrogen-bond acceptors (Lipinski definition) is 4. The van der Waals surface area contributed by atoms with Crippen molar-refractivity contribution in [1.82, 2.24) is 15.1 Å². The molecule has 1 aromatic carbocycles. The van der Waals surface area contributed by atoms with Crippen LogP contribution in [0.25, 0.3) is 0 Å². The Hall–Kier alpha value is -2.88. The van der Waals surface area contributed by atoms with E-state index in [1.54, 1.807) is 30.7 Å². The zero-order valence-corrected chi connectivity index (χ0v) is 13.6. The molecule has 1 amide bonds. The molecule has 24 heavy (non-hydrogen) atoms. The van der Waals surface area contributed by atoms with Crippen LogP contribution in [-0.2, 0) is 6.54 Å². The fraction of sp³-hybridized carbons (Fsp3) is 0.353. The summed E-state index contributed by atoms with van der Waals surface area (Å²) >= 11 is 0. The Morgan fingerprint density at radius 1 is 1.54 bits per heavy atom. The lowest BCUT2D eigenvalue weighted by atomic mass is 10.2. The van der Waals surface area contributed by atoms with E-state index >= 15 is 0 Å². The second kappa shape index (κ2) is 8.11. The van der Waals surface area contributed by atoms with Gasteiger partial charge in [-0.1, -0.05) is 6.07 Å². The highest BCUT2D eigenvalue weighted by Gasteiger charge is 2.15. The highest BCUT2D eigenvalue weighted by atomic mass is 19.1. The molecule has 1 atom stereocenters. The third-order valence-corrected chi connectivity index (χ3v) is 3.47. The smallest absolute Gasteiger partial charge is 0.254 e. The molecule has 1 unspecified atom stereocenters. The average molecular weight is 330 g/mol. The van der Waals surface area contributed by atoms with E-state index in [1.807, 2.05) is 6.07 Å². The van der Waals surface area contributed by atoms with Gasteiger partial charge >= 0.3 is 0 Å². The fourth-order valence-corrected chi connectivity index (χ4v) is 2.20. The number of nitriles is 1. The summed E-state index contributed by atoms with van der Waals surface area (Å²) < 4.78 is 20.3. The molecule has 2 rings (SSSR count). The maximum atomic E-state index is 13.1. The van der Waals surface area contributed by atoms with Crippen LogP contribution in [0.3, 0.4) is 0 Å². The first kappa shape index (κ1) is 17.5. The Labute approximate surface area is 139 Å². The van der Waals surface area contributed by atoms with E-state index < -0.39 is 0 Å². The van der Waals surface area contributed by atoms with E-state index in [9.17, 15) is 9.18 Å². The second-order valence-electron chi connectivity index (χ2n) is 5.37. The molecule has 1 N–H and O–H groups in total. The molecule has 0 saturated carbocycles. The van der Waals surface area contributed by atoms with E-state index in [0.717, 1.165) is 0 Å². The van der Waals surface area contributed by atoms with Crippen LogP contribution >= 0.6 is 0 Å². The van der Waals surface area contributed by atoms with Gasteiger partial charge in [0, 0.05) is 11.8 Å². The van der Waals surface area contributed by atoms with Crippen LogP contribution < -0.4 is 10.1 Å². The molecule has 1 aromatic heterocycles. The lowest BCUT2D eigenvalue weighted by molar-refractivity contribution is 0.0931. The Kier molecular flexibility index (Phi) is 5.90. The average Bonchev–Trinajstić information content (AvgIpc) is 2.91. The number of aryl methyl sites for hydroxylation is 1. The molecule has 2 aromatic rings. The van der Waals surface area contributed by atoms with Gasteiger partial charge in [0.05, 0.1) is 37.3 Å². The largest absolute Gasteiger partial charge is 0.489 e. The van der Waals surface area contributed by atoms with Gasteiger partial charge in [-0.05, 0) is 26.0 Å². The number of aromatic nitrogens is 2. The van der Waals surface area contributed by atoms with Crippen LogP contribution in [-0.4, -0.2) is 28.3 Å². The topological polar surface area (TPSA) is 79.9 Å². The molecule has 6 nitrogen and oxygen atoms in total. The molecule has 7 heteroatoms. The van der Waals surface area contributed by atoms with E-state index in [0.29, 0.717) is 30.0 Å². The maximum Gasteiger partial charge on any atom is 0.254 e. The van der Waals surface area contributed by atoms with Gasteiger partial charge in [0.25, 0.3) is 5.91 Å². The van der Waals surface area contributed by atoms with Crippen molar-refractivity contribution in [3.05, 3.63) is 47.5 Å². The summed E-state index contributed by atoms with van der Waals surface area (Å²) in [6.07, 6.45) is 1.51. The first-order valence-electron chi connectivity index (χ1n) is 7.61. The predicted molar refractivity (Wildman–Crippen MR) is 86.0 cm³/mol. The third-order valence-electron chi connectivity index (χ3n) is 3.47. The zero-order chi connectivity index (χ0) is 17.5. The number of nitrogens with zero attached hydrogens (tertiary/aromatic N) is 3. The van der Waals surface area contributed by atoms with Crippen molar-refractivity contribution in [2.45, 2.75) is 32.9 Å². The van der Waals surface area contributed by atoms with Gasteiger partial charge in [0.1, 0.15) is 17.7 Å².